The van der Waals surface area contributed by atoms with Crippen LogP contribution >= 0.6 is 11.6 Å². The zero-order chi connectivity index (χ0) is 15.2. The van der Waals surface area contributed by atoms with Crippen molar-refractivity contribution in [1.29, 1.82) is 0 Å². The molecular formula is C16H24ClN3O. The van der Waals surface area contributed by atoms with Crippen molar-refractivity contribution in [1.82, 2.24) is 4.90 Å². The molecule has 1 aliphatic rings. The van der Waals surface area contributed by atoms with E-state index in [1.54, 1.807) is 0 Å². The third kappa shape index (κ3) is 4.70. The number of rotatable bonds is 5. The maximum Gasteiger partial charge on any atom is 0.238 e. The number of anilines is 1. The predicted octanol–water partition coefficient (Wildman–Crippen LogP) is 2.65. The van der Waals surface area contributed by atoms with Crippen LogP contribution in [0.25, 0.3) is 0 Å². The summed E-state index contributed by atoms with van der Waals surface area (Å²) in [6.07, 6.45) is 3.38. The van der Waals surface area contributed by atoms with Crippen LogP contribution in [-0.2, 0) is 4.79 Å². The van der Waals surface area contributed by atoms with E-state index in [2.05, 4.69) is 10.2 Å². The van der Waals surface area contributed by atoms with Crippen LogP contribution in [0, 0.1) is 12.8 Å². The molecule has 3 N–H and O–H groups in total. The number of piperidine rings is 1. The minimum absolute atomic E-state index is 0.0256. The van der Waals surface area contributed by atoms with Crippen LogP contribution in [0.15, 0.2) is 18.2 Å². The number of hydrogen-bond acceptors (Lipinski definition) is 3. The second-order valence-electron chi connectivity index (χ2n) is 5.76. The van der Waals surface area contributed by atoms with Crippen LogP contribution in [0.4, 0.5) is 5.69 Å². The number of nitrogens with one attached hydrogen (secondary N) is 1. The first-order valence-corrected chi connectivity index (χ1v) is 7.95. The van der Waals surface area contributed by atoms with Gasteiger partial charge >= 0.3 is 0 Å². The molecule has 1 heterocycles. The molecule has 1 aliphatic heterocycles. The number of likely N-dealkylation sites (tertiary alicyclic amines) is 1. The number of carbonyl (C=O) groups excluding carboxylic acids is 1. The van der Waals surface area contributed by atoms with Crippen molar-refractivity contribution in [2.75, 3.05) is 31.5 Å². The molecule has 4 nitrogen and oxygen atoms in total. The SMILES string of the molecule is Cc1c(Cl)cccc1NC(=O)CN1CCC(CCN)CC1. The highest BCUT2D eigenvalue weighted by atomic mass is 35.5. The summed E-state index contributed by atoms with van der Waals surface area (Å²) in [5.41, 5.74) is 7.31. The Bertz CT molecular complexity index is 484. The molecule has 116 valence electrons. The van der Waals surface area contributed by atoms with E-state index in [0.29, 0.717) is 11.6 Å². The topological polar surface area (TPSA) is 58.4 Å². The van der Waals surface area contributed by atoms with Crippen molar-refractivity contribution in [3.8, 4) is 0 Å². The fourth-order valence-corrected chi connectivity index (χ4v) is 2.98. The first kappa shape index (κ1) is 16.3. The van der Waals surface area contributed by atoms with Gasteiger partial charge in [0.15, 0.2) is 0 Å². The van der Waals surface area contributed by atoms with Crippen LogP contribution in [0.1, 0.15) is 24.8 Å². The van der Waals surface area contributed by atoms with Crippen LogP contribution in [0.5, 0.6) is 0 Å². The number of amides is 1. The van der Waals surface area contributed by atoms with Gasteiger partial charge in [0.05, 0.1) is 6.54 Å². The van der Waals surface area contributed by atoms with Crippen LogP contribution in [-0.4, -0.2) is 37.0 Å². The van der Waals surface area contributed by atoms with Gasteiger partial charge in [0, 0.05) is 10.7 Å². The number of halogens is 1. The van der Waals surface area contributed by atoms with Gasteiger partial charge in [-0.15, -0.1) is 0 Å². The lowest BCUT2D eigenvalue weighted by molar-refractivity contribution is -0.117. The molecule has 0 unspecified atom stereocenters. The smallest absolute Gasteiger partial charge is 0.238 e. The van der Waals surface area contributed by atoms with E-state index < -0.39 is 0 Å². The number of benzene rings is 1. The molecular weight excluding hydrogens is 286 g/mol. The quantitative estimate of drug-likeness (QED) is 0.879. The number of nitrogens with zero attached hydrogens (tertiary/aromatic N) is 1. The van der Waals surface area contributed by atoms with E-state index in [0.717, 1.165) is 56.1 Å². The molecule has 0 spiro atoms. The molecule has 5 heteroatoms. The van der Waals surface area contributed by atoms with Gasteiger partial charge in [-0.1, -0.05) is 17.7 Å². The van der Waals surface area contributed by atoms with Crippen molar-refractivity contribution in [2.24, 2.45) is 11.7 Å². The molecule has 0 radical (unpaired) electrons. The average Bonchev–Trinajstić information content (AvgIpc) is 2.46. The number of carbonyl (C=O) groups is 1. The summed E-state index contributed by atoms with van der Waals surface area (Å²) in [5, 5.41) is 3.63. The molecule has 1 fully saturated rings. The first-order chi connectivity index (χ1) is 10.1. The Morgan fingerprint density at radius 3 is 2.81 bits per heavy atom. The maximum atomic E-state index is 12.1. The van der Waals surface area contributed by atoms with Crippen molar-refractivity contribution in [3.63, 3.8) is 0 Å². The molecule has 1 saturated heterocycles. The normalized spacial score (nSPS) is 16.9. The first-order valence-electron chi connectivity index (χ1n) is 7.57. The van der Waals surface area contributed by atoms with E-state index >= 15 is 0 Å². The molecule has 0 bridgehead atoms. The van der Waals surface area contributed by atoms with Crippen LogP contribution in [0.2, 0.25) is 5.02 Å². The third-order valence-corrected chi connectivity index (χ3v) is 4.60. The summed E-state index contributed by atoms with van der Waals surface area (Å²) < 4.78 is 0. The number of nitrogens with two attached hydrogens (primary N) is 1. The third-order valence-electron chi connectivity index (χ3n) is 4.19. The summed E-state index contributed by atoms with van der Waals surface area (Å²) in [7, 11) is 0. The lowest BCUT2D eigenvalue weighted by Gasteiger charge is -2.31. The predicted molar refractivity (Wildman–Crippen MR) is 87.7 cm³/mol. The van der Waals surface area contributed by atoms with Gasteiger partial charge in [-0.2, -0.15) is 0 Å². The molecule has 1 aromatic rings. The van der Waals surface area contributed by atoms with Crippen molar-refractivity contribution in [3.05, 3.63) is 28.8 Å². The second-order valence-corrected chi connectivity index (χ2v) is 6.16. The van der Waals surface area contributed by atoms with E-state index in [-0.39, 0.29) is 5.91 Å². The van der Waals surface area contributed by atoms with Gasteiger partial charge in [-0.25, -0.2) is 0 Å². The Morgan fingerprint density at radius 2 is 2.14 bits per heavy atom. The van der Waals surface area contributed by atoms with Gasteiger partial charge < -0.3 is 11.1 Å². The largest absolute Gasteiger partial charge is 0.330 e. The van der Waals surface area contributed by atoms with Gasteiger partial charge in [-0.05, 0) is 69.4 Å². The van der Waals surface area contributed by atoms with Gasteiger partial charge in [0.25, 0.3) is 0 Å². The molecule has 2 rings (SSSR count). The summed E-state index contributed by atoms with van der Waals surface area (Å²) in [4.78, 5) is 14.3. The molecule has 1 amide bonds. The highest BCUT2D eigenvalue weighted by Gasteiger charge is 2.20. The number of hydrogen-bond donors (Lipinski definition) is 2. The van der Waals surface area contributed by atoms with Crippen LogP contribution < -0.4 is 11.1 Å². The molecule has 0 aliphatic carbocycles. The minimum atomic E-state index is 0.0256. The van der Waals surface area contributed by atoms with Gasteiger partial charge in [0.2, 0.25) is 5.91 Å². The van der Waals surface area contributed by atoms with Crippen molar-refractivity contribution in [2.45, 2.75) is 26.2 Å². The monoisotopic (exact) mass is 309 g/mol. The summed E-state index contributed by atoms with van der Waals surface area (Å²) in [5.74, 6) is 0.752. The molecule has 0 atom stereocenters. The fraction of sp³-hybridized carbons (Fsp3) is 0.562. The highest BCUT2D eigenvalue weighted by molar-refractivity contribution is 6.31. The Morgan fingerprint density at radius 1 is 1.43 bits per heavy atom. The molecule has 0 aromatic heterocycles. The lowest BCUT2D eigenvalue weighted by Crippen LogP contribution is -2.39. The van der Waals surface area contributed by atoms with Gasteiger partial charge in [0.1, 0.15) is 0 Å². The summed E-state index contributed by atoms with van der Waals surface area (Å²) >= 11 is 6.06. The van der Waals surface area contributed by atoms with E-state index in [4.69, 9.17) is 17.3 Å². The molecule has 21 heavy (non-hydrogen) atoms. The maximum absolute atomic E-state index is 12.1. The molecule has 1 aromatic carbocycles. The van der Waals surface area contributed by atoms with E-state index in [9.17, 15) is 4.79 Å². The Kier molecular flexibility index (Phi) is 6.03. The highest BCUT2D eigenvalue weighted by Crippen LogP contribution is 2.23. The second kappa shape index (κ2) is 7.78. The summed E-state index contributed by atoms with van der Waals surface area (Å²) in [6, 6.07) is 5.56. The summed E-state index contributed by atoms with van der Waals surface area (Å²) in [6.45, 7) is 5.08. The minimum Gasteiger partial charge on any atom is -0.330 e. The Labute approximate surface area is 131 Å². The standard InChI is InChI=1S/C16H24ClN3O/c1-12-14(17)3-2-4-15(12)19-16(21)11-20-9-6-13(5-8-18)7-10-20/h2-4,13H,5-11,18H2,1H3,(H,19,21). The average molecular weight is 310 g/mol. The zero-order valence-corrected chi connectivity index (χ0v) is 13.3. The van der Waals surface area contributed by atoms with Crippen LogP contribution in [0.3, 0.4) is 0 Å². The zero-order valence-electron chi connectivity index (χ0n) is 12.6. The van der Waals surface area contributed by atoms with Crippen molar-refractivity contribution < 1.29 is 4.79 Å². The van der Waals surface area contributed by atoms with Crippen molar-refractivity contribution >= 4 is 23.2 Å². The Hall–Kier alpha value is -1.10. The Balaban J connectivity index is 1.81. The van der Waals surface area contributed by atoms with E-state index in [1.807, 2.05) is 25.1 Å². The van der Waals surface area contributed by atoms with E-state index in [1.165, 1.54) is 0 Å². The lowest BCUT2D eigenvalue weighted by atomic mass is 9.94. The molecule has 0 saturated carbocycles. The van der Waals surface area contributed by atoms with Gasteiger partial charge in [-0.3, -0.25) is 9.69 Å². The fourth-order valence-electron chi connectivity index (χ4n) is 2.80.